The minimum atomic E-state index is -0.379. The maximum atomic E-state index is 12.9. The Balaban J connectivity index is 2.31. The number of Topliss-reactive ketones (excluding diaryl/α,β-unsaturated/α-hetero) is 1. The van der Waals surface area contributed by atoms with Gasteiger partial charge in [-0.2, -0.15) is 0 Å². The van der Waals surface area contributed by atoms with E-state index in [-0.39, 0.29) is 23.2 Å². The van der Waals surface area contributed by atoms with Crippen molar-refractivity contribution in [1.29, 1.82) is 0 Å². The maximum absolute atomic E-state index is 12.9. The van der Waals surface area contributed by atoms with E-state index in [0.29, 0.717) is 0 Å². The minimum Gasteiger partial charge on any atom is -0.375 e. The molecule has 1 N–H and O–H groups in total. The first kappa shape index (κ1) is 16.3. The van der Waals surface area contributed by atoms with Crippen LogP contribution in [-0.2, 0) is 4.79 Å². The molecule has 0 aliphatic carbocycles. The number of ketones is 1. The van der Waals surface area contributed by atoms with Crippen LogP contribution >= 0.6 is 0 Å². The van der Waals surface area contributed by atoms with Crippen molar-refractivity contribution in [1.82, 2.24) is 0 Å². The highest BCUT2D eigenvalue weighted by atomic mass is 16.1. The molecule has 0 bridgehead atoms. The summed E-state index contributed by atoms with van der Waals surface area (Å²) in [5.74, 6) is 0.334. The van der Waals surface area contributed by atoms with Gasteiger partial charge in [-0.25, -0.2) is 0 Å². The van der Waals surface area contributed by atoms with E-state index in [4.69, 9.17) is 0 Å². The van der Waals surface area contributed by atoms with Crippen molar-refractivity contribution in [2.24, 2.45) is 5.41 Å². The Bertz CT molecular complexity index is 599. The van der Waals surface area contributed by atoms with Crippen LogP contribution in [0.3, 0.4) is 0 Å². The van der Waals surface area contributed by atoms with E-state index in [1.54, 1.807) is 0 Å². The molecular weight excluding hydrogens is 270 g/mol. The van der Waals surface area contributed by atoms with Gasteiger partial charge in [0.1, 0.15) is 0 Å². The number of para-hydroxylation sites is 1. The van der Waals surface area contributed by atoms with Gasteiger partial charge in [-0.05, 0) is 17.7 Å². The third-order valence-electron chi connectivity index (χ3n) is 3.94. The summed E-state index contributed by atoms with van der Waals surface area (Å²) in [5, 5.41) is 3.43. The van der Waals surface area contributed by atoms with Crippen LogP contribution in [0.1, 0.15) is 39.2 Å². The molecule has 2 aromatic carbocycles. The molecule has 0 saturated heterocycles. The zero-order valence-corrected chi connectivity index (χ0v) is 13.8. The number of carbonyl (C=O) groups is 1. The second-order valence-electron chi connectivity index (χ2n) is 6.80. The standard InChI is InChI=1S/C20H25NO/c1-15(16-11-7-5-8-12-16)18(19(22)20(2,3)4)21-17-13-9-6-10-14-17/h5-15,18,21H,1-4H3/t15-,18-/m0/s1. The monoisotopic (exact) mass is 295 g/mol. The van der Waals surface area contributed by atoms with Crippen molar-refractivity contribution in [3.8, 4) is 0 Å². The molecule has 0 radical (unpaired) electrons. The van der Waals surface area contributed by atoms with Crippen molar-refractivity contribution in [2.75, 3.05) is 5.32 Å². The van der Waals surface area contributed by atoms with E-state index < -0.39 is 0 Å². The third kappa shape index (κ3) is 3.97. The van der Waals surface area contributed by atoms with E-state index in [9.17, 15) is 4.79 Å². The zero-order chi connectivity index (χ0) is 16.2. The fourth-order valence-corrected chi connectivity index (χ4v) is 2.55. The molecule has 0 saturated carbocycles. The molecule has 2 heteroatoms. The van der Waals surface area contributed by atoms with Gasteiger partial charge in [0.05, 0.1) is 6.04 Å². The van der Waals surface area contributed by atoms with Gasteiger partial charge in [-0.1, -0.05) is 76.2 Å². The Morgan fingerprint density at radius 3 is 1.91 bits per heavy atom. The minimum absolute atomic E-state index is 0.105. The molecule has 2 aromatic rings. The number of carbonyl (C=O) groups excluding carboxylic acids is 1. The number of hydrogen-bond acceptors (Lipinski definition) is 2. The summed E-state index contributed by atoms with van der Waals surface area (Å²) in [6.45, 7) is 8.05. The van der Waals surface area contributed by atoms with E-state index in [2.05, 4.69) is 24.4 Å². The van der Waals surface area contributed by atoms with Crippen molar-refractivity contribution in [2.45, 2.75) is 39.7 Å². The smallest absolute Gasteiger partial charge is 0.160 e. The first-order valence-electron chi connectivity index (χ1n) is 7.80. The normalized spacial score (nSPS) is 14.2. The highest BCUT2D eigenvalue weighted by Gasteiger charge is 2.33. The highest BCUT2D eigenvalue weighted by molar-refractivity contribution is 5.92. The van der Waals surface area contributed by atoms with Crippen LogP contribution in [0, 0.1) is 5.41 Å². The Labute approximate surface area is 133 Å². The van der Waals surface area contributed by atoms with Gasteiger partial charge in [0.15, 0.2) is 5.78 Å². The van der Waals surface area contributed by atoms with Crippen LogP contribution in [0.25, 0.3) is 0 Å². The van der Waals surface area contributed by atoms with Crippen LogP contribution in [-0.4, -0.2) is 11.8 Å². The van der Waals surface area contributed by atoms with E-state index in [1.807, 2.05) is 69.3 Å². The predicted octanol–water partition coefficient (Wildman–Crippen LogP) is 4.89. The van der Waals surface area contributed by atoms with Gasteiger partial charge in [-0.3, -0.25) is 4.79 Å². The van der Waals surface area contributed by atoms with Gasteiger partial charge in [0.2, 0.25) is 0 Å². The van der Waals surface area contributed by atoms with E-state index >= 15 is 0 Å². The predicted molar refractivity (Wildman–Crippen MR) is 93.2 cm³/mol. The van der Waals surface area contributed by atoms with Gasteiger partial charge in [0.25, 0.3) is 0 Å². The Hall–Kier alpha value is -2.09. The number of benzene rings is 2. The molecule has 22 heavy (non-hydrogen) atoms. The van der Waals surface area contributed by atoms with Crippen LogP contribution in [0.2, 0.25) is 0 Å². The number of nitrogens with one attached hydrogen (secondary N) is 1. The second-order valence-corrected chi connectivity index (χ2v) is 6.80. The molecule has 0 heterocycles. The summed E-state index contributed by atoms with van der Waals surface area (Å²) in [4.78, 5) is 12.9. The lowest BCUT2D eigenvalue weighted by Crippen LogP contribution is -2.41. The molecule has 0 unspecified atom stereocenters. The lowest BCUT2D eigenvalue weighted by molar-refractivity contribution is -0.127. The van der Waals surface area contributed by atoms with Crippen molar-refractivity contribution < 1.29 is 4.79 Å². The maximum Gasteiger partial charge on any atom is 0.160 e. The molecule has 0 aliphatic heterocycles. The lowest BCUT2D eigenvalue weighted by Gasteiger charge is -2.31. The molecule has 0 aromatic heterocycles. The van der Waals surface area contributed by atoms with Crippen LogP contribution in [0.15, 0.2) is 60.7 Å². The molecular formula is C20H25NO. The lowest BCUT2D eigenvalue weighted by atomic mass is 9.79. The average molecular weight is 295 g/mol. The van der Waals surface area contributed by atoms with Crippen molar-refractivity contribution >= 4 is 11.5 Å². The zero-order valence-electron chi connectivity index (χ0n) is 13.8. The first-order valence-corrected chi connectivity index (χ1v) is 7.80. The fraction of sp³-hybridized carbons (Fsp3) is 0.350. The quantitative estimate of drug-likeness (QED) is 0.851. The third-order valence-corrected chi connectivity index (χ3v) is 3.94. The summed E-state index contributed by atoms with van der Waals surface area (Å²) >= 11 is 0. The average Bonchev–Trinajstić information content (AvgIpc) is 2.52. The molecule has 0 aliphatic rings. The topological polar surface area (TPSA) is 29.1 Å². The van der Waals surface area contributed by atoms with E-state index in [1.165, 1.54) is 5.56 Å². The van der Waals surface area contributed by atoms with Gasteiger partial charge in [0, 0.05) is 17.0 Å². The summed E-state index contributed by atoms with van der Waals surface area (Å²) < 4.78 is 0. The molecule has 0 amide bonds. The summed E-state index contributed by atoms with van der Waals surface area (Å²) in [6, 6.07) is 19.9. The van der Waals surface area contributed by atoms with E-state index in [0.717, 1.165) is 5.69 Å². The van der Waals surface area contributed by atoms with Gasteiger partial charge in [-0.15, -0.1) is 0 Å². The van der Waals surface area contributed by atoms with Gasteiger partial charge >= 0.3 is 0 Å². The first-order chi connectivity index (χ1) is 10.4. The highest BCUT2D eigenvalue weighted by Crippen LogP contribution is 2.28. The SMILES string of the molecule is C[C@@H](c1ccccc1)[C@H](Nc1ccccc1)C(=O)C(C)(C)C. The largest absolute Gasteiger partial charge is 0.375 e. The molecule has 2 rings (SSSR count). The van der Waals surface area contributed by atoms with Gasteiger partial charge < -0.3 is 5.32 Å². The molecule has 2 atom stereocenters. The van der Waals surface area contributed by atoms with Crippen LogP contribution < -0.4 is 5.32 Å². The second kappa shape index (κ2) is 6.78. The summed E-state index contributed by atoms with van der Waals surface area (Å²) in [7, 11) is 0. The summed E-state index contributed by atoms with van der Waals surface area (Å²) in [5.41, 5.74) is 1.77. The Morgan fingerprint density at radius 2 is 1.41 bits per heavy atom. The van der Waals surface area contributed by atoms with Crippen molar-refractivity contribution in [3.63, 3.8) is 0 Å². The van der Waals surface area contributed by atoms with Crippen LogP contribution in [0.4, 0.5) is 5.69 Å². The summed E-state index contributed by atoms with van der Waals surface area (Å²) in [6.07, 6.45) is 0. The van der Waals surface area contributed by atoms with Crippen LogP contribution in [0.5, 0.6) is 0 Å². The number of rotatable bonds is 5. The molecule has 2 nitrogen and oxygen atoms in total. The Morgan fingerprint density at radius 1 is 0.909 bits per heavy atom. The Kier molecular flexibility index (Phi) is 5.02. The molecule has 0 fully saturated rings. The van der Waals surface area contributed by atoms with Crippen molar-refractivity contribution in [3.05, 3.63) is 66.2 Å². The molecule has 116 valence electrons. The fourth-order valence-electron chi connectivity index (χ4n) is 2.55. The number of anilines is 1. The number of hydrogen-bond donors (Lipinski definition) is 1. The molecule has 0 spiro atoms.